The van der Waals surface area contributed by atoms with Crippen LogP contribution >= 0.6 is 23.8 Å². The Morgan fingerprint density at radius 1 is 1.23 bits per heavy atom. The number of hydrogen-bond donors (Lipinski definition) is 1. The van der Waals surface area contributed by atoms with Crippen LogP contribution in [0.25, 0.3) is 0 Å². The molecule has 1 N–H and O–H groups in total. The molecular formula is C24H27ClN2O2S. The van der Waals surface area contributed by atoms with Crippen molar-refractivity contribution in [1.82, 2.24) is 10.2 Å². The molecule has 1 aliphatic rings. The minimum atomic E-state index is -0.385. The smallest absolute Gasteiger partial charge is 0.193 e. The van der Waals surface area contributed by atoms with Crippen LogP contribution in [-0.2, 0) is 0 Å². The van der Waals surface area contributed by atoms with Crippen LogP contribution in [0.3, 0.4) is 0 Å². The van der Waals surface area contributed by atoms with Crippen molar-refractivity contribution in [2.24, 2.45) is 0 Å². The molecule has 2 aromatic carbocycles. The fraction of sp³-hybridized carbons (Fsp3) is 0.333. The predicted molar refractivity (Wildman–Crippen MR) is 126 cm³/mol. The third-order valence-electron chi connectivity index (χ3n) is 4.98. The summed E-state index contributed by atoms with van der Waals surface area (Å²) in [6.45, 7) is 8.71. The number of hydrogen-bond acceptors (Lipinski definition) is 3. The van der Waals surface area contributed by atoms with Crippen molar-refractivity contribution in [1.29, 1.82) is 0 Å². The van der Waals surface area contributed by atoms with Crippen LogP contribution in [-0.4, -0.2) is 28.4 Å². The van der Waals surface area contributed by atoms with Gasteiger partial charge in [-0.05, 0) is 57.1 Å². The Labute approximate surface area is 188 Å². The van der Waals surface area contributed by atoms with Gasteiger partial charge in [0.15, 0.2) is 10.9 Å². The minimum Gasteiger partial charge on any atom is -0.489 e. The minimum absolute atomic E-state index is 0.0205. The number of carbonyl (C=O) groups is 1. The highest BCUT2D eigenvalue weighted by atomic mass is 35.5. The first-order valence-electron chi connectivity index (χ1n) is 10.2. The van der Waals surface area contributed by atoms with Crippen LogP contribution in [0, 0.1) is 0 Å². The van der Waals surface area contributed by atoms with Gasteiger partial charge in [-0.3, -0.25) is 4.79 Å². The van der Waals surface area contributed by atoms with E-state index in [1.807, 2.05) is 74.2 Å². The largest absolute Gasteiger partial charge is 0.489 e. The summed E-state index contributed by atoms with van der Waals surface area (Å²) >= 11 is 12.1. The van der Waals surface area contributed by atoms with Gasteiger partial charge in [0.05, 0.1) is 17.2 Å². The average Bonchev–Trinajstić information content (AvgIpc) is 2.72. The topological polar surface area (TPSA) is 41.6 Å². The highest BCUT2D eigenvalue weighted by Gasteiger charge is 2.34. The fourth-order valence-corrected chi connectivity index (χ4v) is 4.19. The van der Waals surface area contributed by atoms with Gasteiger partial charge in [-0.1, -0.05) is 54.9 Å². The lowest BCUT2D eigenvalue weighted by atomic mass is 9.89. The summed E-state index contributed by atoms with van der Waals surface area (Å²) in [4.78, 5) is 15.5. The lowest BCUT2D eigenvalue weighted by Crippen LogP contribution is -2.47. The van der Waals surface area contributed by atoms with Crippen molar-refractivity contribution in [2.75, 3.05) is 6.54 Å². The van der Waals surface area contributed by atoms with Gasteiger partial charge in [0, 0.05) is 23.4 Å². The third-order valence-corrected chi connectivity index (χ3v) is 5.61. The van der Waals surface area contributed by atoms with E-state index in [0.29, 0.717) is 27.0 Å². The maximum Gasteiger partial charge on any atom is 0.193 e. The molecule has 0 radical (unpaired) electrons. The van der Waals surface area contributed by atoms with E-state index < -0.39 is 0 Å². The highest BCUT2D eigenvalue weighted by molar-refractivity contribution is 7.80. The normalized spacial score (nSPS) is 16.7. The van der Waals surface area contributed by atoms with Gasteiger partial charge in [0.1, 0.15) is 5.75 Å². The van der Waals surface area contributed by atoms with Gasteiger partial charge >= 0.3 is 0 Å². The van der Waals surface area contributed by atoms with Gasteiger partial charge in [-0.25, -0.2) is 0 Å². The van der Waals surface area contributed by atoms with Crippen molar-refractivity contribution < 1.29 is 9.53 Å². The van der Waals surface area contributed by atoms with Gasteiger partial charge in [0.2, 0.25) is 0 Å². The summed E-state index contributed by atoms with van der Waals surface area (Å²) in [6.07, 6.45) is 0.942. The quantitative estimate of drug-likeness (QED) is 0.425. The van der Waals surface area contributed by atoms with E-state index in [0.717, 1.165) is 24.2 Å². The Morgan fingerprint density at radius 2 is 1.93 bits per heavy atom. The molecule has 3 rings (SSSR count). The number of ether oxygens (including phenoxy) is 1. The second kappa shape index (κ2) is 9.63. The number of thiocarbonyl (C=S) groups is 1. The molecule has 1 unspecified atom stereocenters. The van der Waals surface area contributed by atoms with E-state index in [1.54, 1.807) is 0 Å². The Kier molecular flexibility index (Phi) is 7.16. The third kappa shape index (κ3) is 4.68. The summed E-state index contributed by atoms with van der Waals surface area (Å²) in [7, 11) is 0. The van der Waals surface area contributed by atoms with E-state index in [9.17, 15) is 4.79 Å². The van der Waals surface area contributed by atoms with E-state index in [1.165, 1.54) is 0 Å². The maximum atomic E-state index is 13.5. The molecule has 1 heterocycles. The van der Waals surface area contributed by atoms with Crippen molar-refractivity contribution in [3.8, 4) is 5.75 Å². The Bertz CT molecular complexity index is 972. The molecular weight excluding hydrogens is 416 g/mol. The van der Waals surface area contributed by atoms with Crippen molar-refractivity contribution in [3.63, 3.8) is 0 Å². The standard InChI is InChI=1S/C24H27ClN2O2S/c1-5-13-27-16(4)21(23(28)17-9-7-6-8-10-17)22(26-24(27)30)18-11-12-20(19(25)14-18)29-15(2)3/h6-12,14-15,22H,5,13H2,1-4H3,(H,26,30). The van der Waals surface area contributed by atoms with Crippen molar-refractivity contribution in [3.05, 3.63) is 76.0 Å². The lowest BCUT2D eigenvalue weighted by molar-refractivity contribution is 0.102. The van der Waals surface area contributed by atoms with Crippen molar-refractivity contribution >= 4 is 34.7 Å². The number of halogens is 1. The SMILES string of the molecule is CCCN1C(=S)NC(c2ccc(OC(C)C)c(Cl)c2)C(C(=O)c2ccccc2)=C1C. The number of nitrogens with one attached hydrogen (secondary N) is 1. The Morgan fingerprint density at radius 3 is 2.53 bits per heavy atom. The van der Waals surface area contributed by atoms with Gasteiger partial charge < -0.3 is 15.0 Å². The lowest BCUT2D eigenvalue weighted by Gasteiger charge is -2.38. The van der Waals surface area contributed by atoms with Crippen LogP contribution in [0.1, 0.15) is 56.1 Å². The summed E-state index contributed by atoms with van der Waals surface area (Å²) in [5, 5.41) is 4.49. The summed E-state index contributed by atoms with van der Waals surface area (Å²) in [6, 6.07) is 14.6. The second-order valence-electron chi connectivity index (χ2n) is 7.58. The summed E-state index contributed by atoms with van der Waals surface area (Å²) in [5.41, 5.74) is 3.07. The molecule has 1 aliphatic heterocycles. The van der Waals surface area contributed by atoms with Gasteiger partial charge in [-0.2, -0.15) is 0 Å². The molecule has 0 aromatic heterocycles. The zero-order valence-corrected chi connectivity index (χ0v) is 19.3. The van der Waals surface area contributed by atoms with E-state index in [4.69, 9.17) is 28.6 Å². The van der Waals surface area contributed by atoms with E-state index >= 15 is 0 Å². The number of rotatable bonds is 7. The predicted octanol–water partition coefficient (Wildman–Crippen LogP) is 5.93. The number of Topliss-reactive ketones (excluding diaryl/α,β-unsaturated/α-hetero) is 1. The molecule has 0 amide bonds. The summed E-state index contributed by atoms with van der Waals surface area (Å²) < 4.78 is 5.76. The molecule has 6 heteroatoms. The molecule has 0 fully saturated rings. The molecule has 158 valence electrons. The number of carbonyl (C=O) groups excluding carboxylic acids is 1. The molecule has 1 atom stereocenters. The van der Waals surface area contributed by atoms with Crippen LogP contribution in [0.15, 0.2) is 59.8 Å². The number of nitrogens with zero attached hydrogens (tertiary/aromatic N) is 1. The number of allylic oxidation sites excluding steroid dienone is 1. The molecule has 0 bridgehead atoms. The molecule has 0 saturated heterocycles. The maximum absolute atomic E-state index is 13.5. The average molecular weight is 443 g/mol. The molecule has 2 aromatic rings. The van der Waals surface area contributed by atoms with E-state index in [-0.39, 0.29) is 17.9 Å². The van der Waals surface area contributed by atoms with Gasteiger partial charge in [-0.15, -0.1) is 0 Å². The molecule has 0 aliphatic carbocycles. The molecule has 4 nitrogen and oxygen atoms in total. The first kappa shape index (κ1) is 22.3. The van der Waals surface area contributed by atoms with Crippen molar-refractivity contribution in [2.45, 2.75) is 46.3 Å². The van der Waals surface area contributed by atoms with Crippen LogP contribution < -0.4 is 10.1 Å². The van der Waals surface area contributed by atoms with E-state index in [2.05, 4.69) is 12.2 Å². The Hall–Kier alpha value is -2.37. The first-order chi connectivity index (χ1) is 14.3. The second-order valence-corrected chi connectivity index (χ2v) is 8.38. The first-order valence-corrected chi connectivity index (χ1v) is 11.0. The fourth-order valence-electron chi connectivity index (χ4n) is 3.61. The zero-order valence-electron chi connectivity index (χ0n) is 17.7. The number of benzene rings is 2. The highest BCUT2D eigenvalue weighted by Crippen LogP contribution is 2.36. The van der Waals surface area contributed by atoms with Crippen LogP contribution in [0.5, 0.6) is 5.75 Å². The monoisotopic (exact) mass is 442 g/mol. The Balaban J connectivity index is 2.08. The van der Waals surface area contributed by atoms with Crippen LogP contribution in [0.4, 0.5) is 0 Å². The zero-order chi connectivity index (χ0) is 21.8. The summed E-state index contributed by atoms with van der Waals surface area (Å²) in [5.74, 6) is 0.603. The molecule has 30 heavy (non-hydrogen) atoms. The molecule has 0 spiro atoms. The number of ketones is 1. The van der Waals surface area contributed by atoms with Gasteiger partial charge in [0.25, 0.3) is 0 Å². The van der Waals surface area contributed by atoms with Crippen LogP contribution in [0.2, 0.25) is 5.02 Å². The molecule has 0 saturated carbocycles.